The summed E-state index contributed by atoms with van der Waals surface area (Å²) in [5.41, 5.74) is 1.42. The van der Waals surface area contributed by atoms with Crippen molar-refractivity contribution in [3.63, 3.8) is 0 Å². The van der Waals surface area contributed by atoms with E-state index in [4.69, 9.17) is 4.74 Å². The minimum atomic E-state index is -3.85. The average Bonchev–Trinajstić information content (AvgIpc) is 2.79. The Kier molecular flexibility index (Phi) is 7.04. The second-order valence-electron chi connectivity index (χ2n) is 6.93. The summed E-state index contributed by atoms with van der Waals surface area (Å²) in [5, 5.41) is 13.2. The summed E-state index contributed by atoms with van der Waals surface area (Å²) in [6.07, 6.45) is 0. The van der Waals surface area contributed by atoms with Crippen LogP contribution in [0.5, 0.6) is 0 Å². The molecule has 0 bridgehead atoms. The lowest BCUT2D eigenvalue weighted by Gasteiger charge is -2.09. The van der Waals surface area contributed by atoms with E-state index in [9.17, 15) is 28.1 Å². The van der Waals surface area contributed by atoms with Gasteiger partial charge in [-0.15, -0.1) is 0 Å². The SMILES string of the molecule is Cc1ccc(NS(=O)(=O)c2ccc(C(=O)OCC(=O)Nc3cccc([N+](=O)[O-])c3)cc2)cc1. The fraction of sp³-hybridized carbons (Fsp3) is 0.0909. The standard InChI is InChI=1S/C22H19N3O7S/c1-15-5-9-17(10-6-15)24-33(30,31)20-11-7-16(8-12-20)22(27)32-14-21(26)23-18-3-2-4-19(13-18)25(28)29/h2-13,24H,14H2,1H3,(H,23,26). The molecule has 0 aliphatic carbocycles. The molecule has 0 atom stereocenters. The first-order valence-corrected chi connectivity index (χ1v) is 11.0. The Morgan fingerprint density at radius 2 is 1.64 bits per heavy atom. The van der Waals surface area contributed by atoms with Crippen LogP contribution in [0, 0.1) is 17.0 Å². The molecule has 10 nitrogen and oxygen atoms in total. The molecule has 33 heavy (non-hydrogen) atoms. The third kappa shape index (κ3) is 6.37. The topological polar surface area (TPSA) is 145 Å². The first-order chi connectivity index (χ1) is 15.6. The highest BCUT2D eigenvalue weighted by Gasteiger charge is 2.17. The molecule has 0 saturated carbocycles. The summed E-state index contributed by atoms with van der Waals surface area (Å²) in [6, 6.07) is 17.1. The molecule has 0 spiro atoms. The molecular weight excluding hydrogens is 450 g/mol. The third-order valence-electron chi connectivity index (χ3n) is 4.38. The van der Waals surface area contributed by atoms with E-state index in [1.54, 1.807) is 24.3 Å². The Labute approximate surface area is 189 Å². The van der Waals surface area contributed by atoms with Crippen molar-refractivity contribution in [2.45, 2.75) is 11.8 Å². The van der Waals surface area contributed by atoms with Gasteiger partial charge >= 0.3 is 5.97 Å². The van der Waals surface area contributed by atoms with Gasteiger partial charge in [0.25, 0.3) is 21.6 Å². The van der Waals surface area contributed by atoms with Crippen LogP contribution in [0.25, 0.3) is 0 Å². The predicted octanol–water partition coefficient (Wildman–Crippen LogP) is 3.50. The van der Waals surface area contributed by atoms with E-state index in [1.807, 2.05) is 6.92 Å². The molecule has 0 heterocycles. The van der Waals surface area contributed by atoms with Gasteiger partial charge in [-0.3, -0.25) is 19.6 Å². The molecule has 0 aliphatic rings. The van der Waals surface area contributed by atoms with Crippen LogP contribution in [0.3, 0.4) is 0 Å². The number of carbonyl (C=O) groups is 2. The van der Waals surface area contributed by atoms with Gasteiger partial charge in [0.2, 0.25) is 0 Å². The molecule has 0 saturated heterocycles. The first kappa shape index (κ1) is 23.4. The number of rotatable bonds is 8. The van der Waals surface area contributed by atoms with Crippen molar-refractivity contribution in [2.75, 3.05) is 16.6 Å². The number of non-ortho nitro benzene ring substituents is 1. The zero-order valence-electron chi connectivity index (χ0n) is 17.3. The number of nitro benzene ring substituents is 1. The van der Waals surface area contributed by atoms with Crippen molar-refractivity contribution < 1.29 is 27.7 Å². The number of aryl methyl sites for hydroxylation is 1. The minimum Gasteiger partial charge on any atom is -0.452 e. The molecule has 0 aliphatic heterocycles. The number of amides is 1. The number of sulfonamides is 1. The molecule has 11 heteroatoms. The minimum absolute atomic E-state index is 0.0486. The monoisotopic (exact) mass is 469 g/mol. The van der Waals surface area contributed by atoms with E-state index in [1.165, 1.54) is 48.5 Å². The zero-order chi connectivity index (χ0) is 24.0. The second-order valence-corrected chi connectivity index (χ2v) is 8.61. The Morgan fingerprint density at radius 1 is 0.970 bits per heavy atom. The normalized spacial score (nSPS) is 10.8. The van der Waals surface area contributed by atoms with Crippen molar-refractivity contribution in [2.24, 2.45) is 0 Å². The molecule has 0 unspecified atom stereocenters. The van der Waals surface area contributed by atoms with Crippen LogP contribution < -0.4 is 10.0 Å². The van der Waals surface area contributed by atoms with Gasteiger partial charge in [-0.2, -0.15) is 0 Å². The number of benzene rings is 3. The molecule has 2 N–H and O–H groups in total. The number of carbonyl (C=O) groups excluding carboxylic acids is 2. The van der Waals surface area contributed by atoms with Gasteiger partial charge in [0.15, 0.2) is 6.61 Å². The maximum Gasteiger partial charge on any atom is 0.338 e. The van der Waals surface area contributed by atoms with Crippen LogP contribution in [-0.2, 0) is 19.6 Å². The summed E-state index contributed by atoms with van der Waals surface area (Å²) >= 11 is 0. The molecule has 3 aromatic rings. The number of esters is 1. The number of nitro groups is 1. The highest BCUT2D eigenvalue weighted by atomic mass is 32.2. The van der Waals surface area contributed by atoms with Crippen molar-refractivity contribution in [3.05, 3.63) is 94.0 Å². The molecule has 170 valence electrons. The molecule has 0 radical (unpaired) electrons. The van der Waals surface area contributed by atoms with Crippen LogP contribution in [0.4, 0.5) is 17.1 Å². The van der Waals surface area contributed by atoms with Gasteiger partial charge in [-0.1, -0.05) is 23.8 Å². The highest BCUT2D eigenvalue weighted by molar-refractivity contribution is 7.92. The highest BCUT2D eigenvalue weighted by Crippen LogP contribution is 2.18. The summed E-state index contributed by atoms with van der Waals surface area (Å²) in [4.78, 5) is 34.3. The lowest BCUT2D eigenvalue weighted by Crippen LogP contribution is -2.21. The van der Waals surface area contributed by atoms with Gasteiger partial charge in [0, 0.05) is 23.5 Å². The van der Waals surface area contributed by atoms with E-state index >= 15 is 0 Å². The van der Waals surface area contributed by atoms with E-state index < -0.39 is 33.4 Å². The van der Waals surface area contributed by atoms with Gasteiger partial charge in [0.1, 0.15) is 0 Å². The van der Waals surface area contributed by atoms with E-state index in [0.29, 0.717) is 5.69 Å². The Morgan fingerprint density at radius 3 is 2.27 bits per heavy atom. The van der Waals surface area contributed by atoms with Gasteiger partial charge in [-0.05, 0) is 49.4 Å². The van der Waals surface area contributed by atoms with Crippen molar-refractivity contribution in [1.82, 2.24) is 0 Å². The lowest BCUT2D eigenvalue weighted by atomic mass is 10.2. The summed E-state index contributed by atoms with van der Waals surface area (Å²) in [5.74, 6) is -1.52. The molecular formula is C22H19N3O7S. The fourth-order valence-corrected chi connectivity index (χ4v) is 3.77. The number of nitrogens with zero attached hydrogens (tertiary/aromatic N) is 1. The largest absolute Gasteiger partial charge is 0.452 e. The van der Waals surface area contributed by atoms with E-state index in [-0.39, 0.29) is 21.8 Å². The average molecular weight is 469 g/mol. The van der Waals surface area contributed by atoms with Gasteiger partial charge < -0.3 is 10.1 Å². The molecule has 1 amide bonds. The van der Waals surface area contributed by atoms with Crippen molar-refractivity contribution in [1.29, 1.82) is 0 Å². The molecule has 0 fully saturated rings. The Balaban J connectivity index is 1.57. The number of hydrogen-bond donors (Lipinski definition) is 2. The van der Waals surface area contributed by atoms with E-state index in [2.05, 4.69) is 10.0 Å². The maximum absolute atomic E-state index is 12.5. The van der Waals surface area contributed by atoms with Crippen molar-refractivity contribution in [3.8, 4) is 0 Å². The molecule has 3 aromatic carbocycles. The predicted molar refractivity (Wildman–Crippen MR) is 120 cm³/mol. The number of ether oxygens (including phenoxy) is 1. The summed E-state index contributed by atoms with van der Waals surface area (Å²) in [7, 11) is -3.85. The van der Waals surface area contributed by atoms with Crippen LogP contribution in [0.2, 0.25) is 0 Å². The summed E-state index contributed by atoms with van der Waals surface area (Å²) < 4.78 is 32.4. The smallest absolute Gasteiger partial charge is 0.338 e. The van der Waals surface area contributed by atoms with Crippen LogP contribution in [0.15, 0.2) is 77.7 Å². The van der Waals surface area contributed by atoms with Crippen LogP contribution in [-0.4, -0.2) is 31.8 Å². The zero-order valence-corrected chi connectivity index (χ0v) is 18.2. The van der Waals surface area contributed by atoms with Gasteiger partial charge in [0.05, 0.1) is 15.4 Å². The maximum atomic E-state index is 12.5. The quantitative estimate of drug-likeness (QED) is 0.292. The van der Waals surface area contributed by atoms with Crippen molar-refractivity contribution >= 4 is 39.0 Å². The van der Waals surface area contributed by atoms with E-state index in [0.717, 1.165) is 5.56 Å². The number of hydrogen-bond acceptors (Lipinski definition) is 7. The fourth-order valence-electron chi connectivity index (χ4n) is 2.71. The number of anilines is 2. The first-order valence-electron chi connectivity index (χ1n) is 9.55. The Bertz CT molecular complexity index is 1290. The number of nitrogens with one attached hydrogen (secondary N) is 2. The lowest BCUT2D eigenvalue weighted by molar-refractivity contribution is -0.384. The van der Waals surface area contributed by atoms with Gasteiger partial charge in [-0.25, -0.2) is 13.2 Å². The molecule has 0 aromatic heterocycles. The summed E-state index contributed by atoms with van der Waals surface area (Å²) in [6.45, 7) is 1.25. The van der Waals surface area contributed by atoms with Crippen LogP contribution in [0.1, 0.15) is 15.9 Å². The van der Waals surface area contributed by atoms with Crippen LogP contribution >= 0.6 is 0 Å². The second kappa shape index (κ2) is 9.92. The molecule has 3 rings (SSSR count). The Hall–Kier alpha value is -4.25. The third-order valence-corrected chi connectivity index (χ3v) is 5.78.